The molecule has 0 aromatic carbocycles. The maximum atomic E-state index is 11.3. The summed E-state index contributed by atoms with van der Waals surface area (Å²) < 4.78 is 4.40. The van der Waals surface area contributed by atoms with Crippen LogP contribution in [0.5, 0.6) is 0 Å². The summed E-state index contributed by atoms with van der Waals surface area (Å²) in [7, 11) is 1.28. The second-order valence-electron chi connectivity index (χ2n) is 3.04. The number of carbonyl (C=O) groups is 3. The van der Waals surface area contributed by atoms with Gasteiger partial charge in [0.2, 0.25) is 11.8 Å². The number of hydrogen-bond acceptors (Lipinski definition) is 4. The predicted molar refractivity (Wildman–Crippen MR) is 52.9 cm³/mol. The van der Waals surface area contributed by atoms with Gasteiger partial charge in [0.25, 0.3) is 0 Å². The summed E-state index contributed by atoms with van der Waals surface area (Å²) in [5.41, 5.74) is 0. The molecule has 0 bridgehead atoms. The molecule has 1 atom stereocenters. The lowest BCUT2D eigenvalue weighted by molar-refractivity contribution is -0.140. The molecule has 0 aliphatic carbocycles. The van der Waals surface area contributed by atoms with Gasteiger partial charge in [-0.25, -0.2) is 0 Å². The highest BCUT2D eigenvalue weighted by Gasteiger charge is 2.13. The lowest BCUT2D eigenvalue weighted by atomic mass is 10.3. The third-order valence-corrected chi connectivity index (χ3v) is 1.67. The van der Waals surface area contributed by atoms with Crippen LogP contribution in [-0.2, 0) is 19.1 Å². The molecule has 2 N–H and O–H groups in total. The van der Waals surface area contributed by atoms with Crippen molar-refractivity contribution in [2.75, 3.05) is 13.7 Å². The molecule has 0 radical (unpaired) electrons. The average Bonchev–Trinajstić information content (AvgIpc) is 2.16. The van der Waals surface area contributed by atoms with E-state index in [0.717, 1.165) is 0 Å². The molecule has 0 fully saturated rings. The Balaban J connectivity index is 3.73. The number of ether oxygens (including phenoxy) is 1. The van der Waals surface area contributed by atoms with Crippen LogP contribution >= 0.6 is 0 Å². The Morgan fingerprint density at radius 3 is 2.40 bits per heavy atom. The fraction of sp³-hybridized carbons (Fsp3) is 0.667. The minimum Gasteiger partial charge on any atom is -0.469 e. The lowest BCUT2D eigenvalue weighted by Crippen LogP contribution is -2.44. The van der Waals surface area contributed by atoms with Crippen molar-refractivity contribution in [3.8, 4) is 0 Å². The normalized spacial score (nSPS) is 11.4. The van der Waals surface area contributed by atoms with Gasteiger partial charge in [0, 0.05) is 13.5 Å². The number of methoxy groups -OCH3 is 1. The molecular formula is C9H16N2O4. The molecule has 0 rings (SSSR count). The highest BCUT2D eigenvalue weighted by atomic mass is 16.5. The van der Waals surface area contributed by atoms with Gasteiger partial charge in [-0.2, -0.15) is 0 Å². The van der Waals surface area contributed by atoms with Gasteiger partial charge in [-0.15, -0.1) is 0 Å². The first kappa shape index (κ1) is 13.4. The molecule has 0 aliphatic heterocycles. The van der Waals surface area contributed by atoms with Crippen LogP contribution in [0.3, 0.4) is 0 Å². The van der Waals surface area contributed by atoms with Gasteiger partial charge in [-0.1, -0.05) is 0 Å². The van der Waals surface area contributed by atoms with Crippen LogP contribution in [0.4, 0.5) is 0 Å². The van der Waals surface area contributed by atoms with Crippen molar-refractivity contribution in [2.45, 2.75) is 26.3 Å². The van der Waals surface area contributed by atoms with Crippen LogP contribution in [0, 0.1) is 0 Å². The van der Waals surface area contributed by atoms with E-state index >= 15 is 0 Å². The molecular weight excluding hydrogens is 200 g/mol. The molecule has 6 nitrogen and oxygen atoms in total. The van der Waals surface area contributed by atoms with Crippen LogP contribution in [0.2, 0.25) is 0 Å². The van der Waals surface area contributed by atoms with Crippen molar-refractivity contribution in [3.05, 3.63) is 0 Å². The van der Waals surface area contributed by atoms with E-state index in [1.165, 1.54) is 14.0 Å². The van der Waals surface area contributed by atoms with Crippen molar-refractivity contribution < 1.29 is 19.1 Å². The highest BCUT2D eigenvalue weighted by molar-refractivity contribution is 5.86. The number of amides is 2. The summed E-state index contributed by atoms with van der Waals surface area (Å²) >= 11 is 0. The quantitative estimate of drug-likeness (QED) is 0.589. The molecule has 0 saturated heterocycles. The van der Waals surface area contributed by atoms with Crippen LogP contribution in [-0.4, -0.2) is 37.5 Å². The van der Waals surface area contributed by atoms with Crippen LogP contribution < -0.4 is 10.6 Å². The molecule has 0 heterocycles. The largest absolute Gasteiger partial charge is 0.469 e. The van der Waals surface area contributed by atoms with Gasteiger partial charge in [0.1, 0.15) is 6.04 Å². The van der Waals surface area contributed by atoms with Crippen LogP contribution in [0.1, 0.15) is 20.3 Å². The first-order chi connectivity index (χ1) is 6.97. The Morgan fingerprint density at radius 2 is 1.93 bits per heavy atom. The van der Waals surface area contributed by atoms with Gasteiger partial charge in [-0.05, 0) is 6.92 Å². The van der Waals surface area contributed by atoms with Gasteiger partial charge in [0.05, 0.1) is 13.5 Å². The van der Waals surface area contributed by atoms with Crippen LogP contribution in [0.25, 0.3) is 0 Å². The summed E-state index contributed by atoms with van der Waals surface area (Å²) in [6, 6.07) is -0.597. The molecule has 0 spiro atoms. The number of carbonyl (C=O) groups excluding carboxylic acids is 3. The minimum atomic E-state index is -0.597. The number of hydrogen-bond donors (Lipinski definition) is 2. The molecule has 2 amide bonds. The minimum absolute atomic E-state index is 0.120. The lowest BCUT2D eigenvalue weighted by Gasteiger charge is -2.12. The Hall–Kier alpha value is -1.59. The first-order valence-corrected chi connectivity index (χ1v) is 4.59. The Bertz CT molecular complexity index is 252. The fourth-order valence-electron chi connectivity index (χ4n) is 0.913. The zero-order valence-corrected chi connectivity index (χ0v) is 9.12. The van der Waals surface area contributed by atoms with Gasteiger partial charge >= 0.3 is 5.97 Å². The Morgan fingerprint density at radius 1 is 1.33 bits per heavy atom. The third kappa shape index (κ3) is 6.48. The van der Waals surface area contributed by atoms with Gasteiger partial charge < -0.3 is 15.4 Å². The number of nitrogens with one attached hydrogen (secondary N) is 2. The fourth-order valence-corrected chi connectivity index (χ4v) is 0.913. The van der Waals surface area contributed by atoms with Gasteiger partial charge in [-0.3, -0.25) is 14.4 Å². The number of esters is 1. The second kappa shape index (κ2) is 6.80. The van der Waals surface area contributed by atoms with E-state index in [2.05, 4.69) is 15.4 Å². The van der Waals surface area contributed by atoms with E-state index < -0.39 is 6.04 Å². The van der Waals surface area contributed by atoms with E-state index in [1.54, 1.807) is 6.92 Å². The Kier molecular flexibility index (Phi) is 6.08. The molecule has 0 aromatic heterocycles. The standard InChI is InChI=1S/C9H16N2O4/c1-6(11-7(2)12)9(14)10-5-4-8(13)15-3/h6H,4-5H2,1-3H3,(H,10,14)(H,11,12)/t6-/m1/s1. The maximum Gasteiger partial charge on any atom is 0.307 e. The third-order valence-electron chi connectivity index (χ3n) is 1.67. The average molecular weight is 216 g/mol. The van der Waals surface area contributed by atoms with E-state index in [-0.39, 0.29) is 30.7 Å². The molecule has 15 heavy (non-hydrogen) atoms. The highest BCUT2D eigenvalue weighted by Crippen LogP contribution is 1.85. The maximum absolute atomic E-state index is 11.3. The van der Waals surface area contributed by atoms with Crippen molar-refractivity contribution >= 4 is 17.8 Å². The van der Waals surface area contributed by atoms with Gasteiger partial charge in [0.15, 0.2) is 0 Å². The van der Waals surface area contributed by atoms with E-state index in [9.17, 15) is 14.4 Å². The van der Waals surface area contributed by atoms with E-state index in [1.807, 2.05) is 0 Å². The summed E-state index contributed by atoms with van der Waals surface area (Å²) in [5.74, 6) is -0.984. The molecule has 0 unspecified atom stereocenters. The van der Waals surface area contributed by atoms with E-state index in [4.69, 9.17) is 0 Å². The summed E-state index contributed by atoms with van der Waals surface area (Å²) in [4.78, 5) is 32.6. The predicted octanol–water partition coefficient (Wildman–Crippen LogP) is -0.810. The second-order valence-corrected chi connectivity index (χ2v) is 3.04. The monoisotopic (exact) mass is 216 g/mol. The summed E-state index contributed by atoms with van der Waals surface area (Å²) in [5, 5.41) is 4.93. The molecule has 6 heteroatoms. The van der Waals surface area contributed by atoms with Crippen molar-refractivity contribution in [2.24, 2.45) is 0 Å². The summed E-state index contributed by atoms with van der Waals surface area (Å²) in [6.07, 6.45) is 0.120. The Labute approximate surface area is 88.4 Å². The van der Waals surface area contributed by atoms with Crippen LogP contribution in [0.15, 0.2) is 0 Å². The molecule has 0 saturated carbocycles. The van der Waals surface area contributed by atoms with Crippen molar-refractivity contribution in [3.63, 3.8) is 0 Å². The topological polar surface area (TPSA) is 84.5 Å². The SMILES string of the molecule is COC(=O)CCNC(=O)[C@@H](C)NC(C)=O. The zero-order valence-electron chi connectivity index (χ0n) is 9.12. The molecule has 0 aliphatic rings. The first-order valence-electron chi connectivity index (χ1n) is 4.59. The van der Waals surface area contributed by atoms with Crippen molar-refractivity contribution in [1.82, 2.24) is 10.6 Å². The summed E-state index contributed by atoms with van der Waals surface area (Å²) in [6.45, 7) is 3.10. The smallest absolute Gasteiger partial charge is 0.307 e. The molecule has 0 aromatic rings. The zero-order chi connectivity index (χ0) is 11.8. The molecule has 86 valence electrons. The van der Waals surface area contributed by atoms with E-state index in [0.29, 0.717) is 0 Å². The number of rotatable bonds is 5. The van der Waals surface area contributed by atoms with Crippen molar-refractivity contribution in [1.29, 1.82) is 0 Å².